The van der Waals surface area contributed by atoms with Crippen LogP contribution < -0.4 is 49.7 Å². The van der Waals surface area contributed by atoms with E-state index in [9.17, 15) is 33.2 Å². The van der Waals surface area contributed by atoms with Gasteiger partial charge in [-0.25, -0.2) is 0 Å². The minimum Gasteiger partial charge on any atom is -0.496 e. The highest BCUT2D eigenvalue weighted by molar-refractivity contribution is 7.67. The first kappa shape index (κ1) is 43.2. The maximum Gasteiger partial charge on any atom is 0.321 e. The molecule has 0 amide bonds. The molecule has 274 valence electrons. The molecule has 0 saturated carbocycles. The molecule has 5 atom stereocenters. The molecule has 3 aromatic rings. The van der Waals surface area contributed by atoms with Gasteiger partial charge in [0, 0.05) is 30.6 Å². The Labute approximate surface area is 287 Å². The number of nitrogens with two attached hydrogens (primary N) is 6. The highest BCUT2D eigenvalue weighted by Crippen LogP contribution is 2.46. The zero-order valence-electron chi connectivity index (χ0n) is 27.1. The molecular weight excluding hydrogens is 698 g/mol. The Kier molecular flexibility index (Phi) is 16.8. The maximum atomic E-state index is 12.5. The van der Waals surface area contributed by atoms with Crippen molar-refractivity contribution in [1.29, 1.82) is 0 Å². The smallest absolute Gasteiger partial charge is 0.321 e. The van der Waals surface area contributed by atoms with Gasteiger partial charge in [-0.2, -0.15) is 0 Å². The molecule has 0 fully saturated rings. The SMILES string of the molecule is COP(=O)(C[C@H](N)C(=O)O)c1ccccc1N.COc1cccc(N)c1C(=O)CC(N)C(=O)O.Nc1ccccc1P(=O)(O)C[C@H](N)C(=O)O. The average Bonchev–Trinajstić information content (AvgIpc) is 3.04. The van der Waals surface area contributed by atoms with Gasteiger partial charge in [0.15, 0.2) is 5.78 Å². The summed E-state index contributed by atoms with van der Waals surface area (Å²) in [4.78, 5) is 53.3. The van der Waals surface area contributed by atoms with Crippen molar-refractivity contribution in [2.75, 3.05) is 43.7 Å². The Hall–Kier alpha value is -4.80. The zero-order valence-corrected chi connectivity index (χ0v) is 28.9. The summed E-state index contributed by atoms with van der Waals surface area (Å²) in [5.74, 6) is -3.91. The molecule has 0 radical (unpaired) electrons. The molecule has 0 heterocycles. The van der Waals surface area contributed by atoms with Crippen LogP contribution in [0.25, 0.3) is 0 Å². The second-order valence-electron chi connectivity index (χ2n) is 10.4. The van der Waals surface area contributed by atoms with E-state index in [4.69, 9.17) is 59.0 Å². The third-order valence-electron chi connectivity index (χ3n) is 6.71. The number of hydrogen-bond donors (Lipinski definition) is 10. The zero-order chi connectivity index (χ0) is 38.4. The first-order chi connectivity index (χ1) is 23.2. The molecule has 0 aliphatic rings. The Morgan fingerprint density at radius 3 is 1.54 bits per heavy atom. The van der Waals surface area contributed by atoms with Crippen molar-refractivity contribution in [2.24, 2.45) is 17.2 Å². The van der Waals surface area contributed by atoms with Crippen molar-refractivity contribution in [3.8, 4) is 5.75 Å². The van der Waals surface area contributed by atoms with Gasteiger partial charge in [-0.3, -0.25) is 28.3 Å². The Bertz CT molecular complexity index is 1760. The van der Waals surface area contributed by atoms with Gasteiger partial charge in [0.2, 0.25) is 14.7 Å². The van der Waals surface area contributed by atoms with Gasteiger partial charge in [-0.15, -0.1) is 0 Å². The van der Waals surface area contributed by atoms with Gasteiger partial charge in [-0.1, -0.05) is 30.3 Å². The van der Waals surface area contributed by atoms with Gasteiger partial charge < -0.3 is 63.9 Å². The summed E-state index contributed by atoms with van der Waals surface area (Å²) in [6.45, 7) is 0. The standard InChI is InChI=1S/C11H14N2O4.C10H15N2O4P.C9H13N2O4P/c1-17-9-4-2-3-6(12)10(9)8(14)5-7(13)11(15)16;1-16-17(15,6-8(12)10(13)14)9-5-3-2-4-7(9)11;10-6-3-1-2-4-8(6)16(14,15)5-7(11)9(12)13/h2-4,7H,5,12-13H2,1H3,(H,15,16);2-5,8H,6,11-12H2,1H3,(H,13,14);1-4,7H,5,10-11H2,(H,12,13)(H,14,15)/t;8-,17?;7-/m.00/s1. The number of methoxy groups -OCH3 is 1. The lowest BCUT2D eigenvalue weighted by atomic mass is 10.0. The molecular formula is C30H42N6O12P2. The van der Waals surface area contributed by atoms with Gasteiger partial charge in [0.25, 0.3) is 0 Å². The molecule has 3 unspecified atom stereocenters. The van der Waals surface area contributed by atoms with Gasteiger partial charge >= 0.3 is 17.9 Å². The van der Waals surface area contributed by atoms with E-state index < -0.39 is 62.7 Å². The fraction of sp³-hybridized carbons (Fsp3) is 0.267. The van der Waals surface area contributed by atoms with Gasteiger partial charge in [-0.05, 0) is 36.4 Å². The van der Waals surface area contributed by atoms with Crippen LogP contribution in [0.4, 0.5) is 17.1 Å². The minimum atomic E-state index is -3.82. The van der Waals surface area contributed by atoms with Gasteiger partial charge in [0.05, 0.1) is 35.6 Å². The van der Waals surface area contributed by atoms with Crippen LogP contribution in [0.2, 0.25) is 0 Å². The number of carboxylic acid groups (broad SMARTS) is 3. The summed E-state index contributed by atoms with van der Waals surface area (Å²) in [5, 5.41) is 26.3. The predicted molar refractivity (Wildman–Crippen MR) is 188 cm³/mol. The molecule has 18 nitrogen and oxygen atoms in total. The van der Waals surface area contributed by atoms with E-state index in [1.54, 1.807) is 54.6 Å². The number of carbonyl (C=O) groups excluding carboxylic acids is 1. The minimum absolute atomic E-state index is 0.0479. The van der Waals surface area contributed by atoms with Crippen LogP contribution in [-0.2, 0) is 28.0 Å². The number of rotatable bonds is 14. The van der Waals surface area contributed by atoms with Crippen molar-refractivity contribution < 1.29 is 57.8 Å². The van der Waals surface area contributed by atoms with E-state index in [1.165, 1.54) is 26.4 Å². The average molecular weight is 741 g/mol. The lowest BCUT2D eigenvalue weighted by molar-refractivity contribution is -0.139. The normalized spacial score (nSPS) is 14.8. The van der Waals surface area contributed by atoms with Crippen molar-refractivity contribution >= 4 is 66.1 Å². The molecule has 0 bridgehead atoms. The van der Waals surface area contributed by atoms with E-state index in [2.05, 4.69) is 0 Å². The maximum absolute atomic E-state index is 12.5. The topological polar surface area (TPSA) is 358 Å². The summed E-state index contributed by atoms with van der Waals surface area (Å²) in [6, 6.07) is 13.4. The summed E-state index contributed by atoms with van der Waals surface area (Å²) in [6.07, 6.45) is -1.14. The van der Waals surface area contributed by atoms with E-state index in [0.717, 1.165) is 0 Å². The molecule has 0 spiro atoms. The van der Waals surface area contributed by atoms with Crippen molar-refractivity contribution in [3.63, 3.8) is 0 Å². The van der Waals surface area contributed by atoms with Crippen molar-refractivity contribution in [2.45, 2.75) is 24.5 Å². The molecule has 50 heavy (non-hydrogen) atoms. The number of ketones is 1. The predicted octanol–water partition coefficient (Wildman–Crippen LogP) is 0.0690. The molecule has 0 aliphatic heterocycles. The number of hydrogen-bond acceptors (Lipinski definition) is 14. The van der Waals surface area contributed by atoms with Crippen LogP contribution in [-0.4, -0.2) is 88.6 Å². The second-order valence-corrected chi connectivity index (χ2v) is 15.2. The van der Waals surface area contributed by atoms with E-state index >= 15 is 0 Å². The molecule has 0 aromatic heterocycles. The third kappa shape index (κ3) is 12.6. The second kappa shape index (κ2) is 19.4. The fourth-order valence-corrected chi connectivity index (χ4v) is 7.74. The fourth-order valence-electron chi connectivity index (χ4n) is 4.06. The first-order valence-corrected chi connectivity index (χ1v) is 17.9. The molecule has 0 saturated heterocycles. The lowest BCUT2D eigenvalue weighted by Gasteiger charge is -2.19. The number of benzene rings is 3. The summed E-state index contributed by atoms with van der Waals surface area (Å²) >= 11 is 0. The third-order valence-corrected chi connectivity index (χ3v) is 11.4. The van der Waals surface area contributed by atoms with E-state index in [0.29, 0.717) is 16.7 Å². The van der Waals surface area contributed by atoms with E-state index in [1.807, 2.05) is 0 Å². The Balaban J connectivity index is 0.000000375. The summed E-state index contributed by atoms with van der Waals surface area (Å²) < 4.78 is 34.3. The highest BCUT2D eigenvalue weighted by atomic mass is 31.2. The number of ether oxygens (including phenoxy) is 1. The van der Waals surface area contributed by atoms with Crippen LogP contribution in [0.15, 0.2) is 66.7 Å². The molecule has 0 aliphatic carbocycles. The van der Waals surface area contributed by atoms with Crippen LogP contribution in [0.5, 0.6) is 5.75 Å². The van der Waals surface area contributed by atoms with Crippen molar-refractivity contribution in [1.82, 2.24) is 0 Å². The molecule has 3 aromatic carbocycles. The lowest BCUT2D eigenvalue weighted by Crippen LogP contribution is -2.35. The number of carbonyl (C=O) groups is 4. The molecule has 16 N–H and O–H groups in total. The quantitative estimate of drug-likeness (QED) is 0.0593. The van der Waals surface area contributed by atoms with Crippen LogP contribution in [0.3, 0.4) is 0 Å². The monoisotopic (exact) mass is 740 g/mol. The Morgan fingerprint density at radius 1 is 0.660 bits per heavy atom. The number of Topliss-reactive ketones (excluding diaryl/α,β-unsaturated/α-hetero) is 1. The van der Waals surface area contributed by atoms with Crippen LogP contribution in [0, 0.1) is 0 Å². The van der Waals surface area contributed by atoms with Crippen molar-refractivity contribution in [3.05, 3.63) is 72.3 Å². The number of anilines is 3. The molecule has 20 heteroatoms. The number of aliphatic carboxylic acids is 3. The summed E-state index contributed by atoms with van der Waals surface area (Å²) in [7, 11) is -4.50. The van der Waals surface area contributed by atoms with Crippen LogP contribution in [0.1, 0.15) is 16.8 Å². The largest absolute Gasteiger partial charge is 0.496 e. The Morgan fingerprint density at radius 2 is 1.10 bits per heavy atom. The van der Waals surface area contributed by atoms with E-state index in [-0.39, 0.29) is 34.8 Å². The van der Waals surface area contributed by atoms with Crippen LogP contribution >= 0.6 is 14.7 Å². The highest BCUT2D eigenvalue weighted by Gasteiger charge is 2.32. The number of para-hydroxylation sites is 2. The summed E-state index contributed by atoms with van der Waals surface area (Å²) in [5.41, 5.74) is 33.7. The molecule has 3 rings (SSSR count). The first-order valence-electron chi connectivity index (χ1n) is 14.3. The number of nitrogen functional groups attached to an aromatic ring is 3. The number of carboxylic acids is 3. The van der Waals surface area contributed by atoms with Gasteiger partial charge in [0.1, 0.15) is 23.9 Å².